The van der Waals surface area contributed by atoms with Crippen LogP contribution in [0, 0.1) is 12.7 Å². The van der Waals surface area contributed by atoms with Crippen molar-refractivity contribution >= 4 is 5.91 Å². The second-order valence-corrected chi connectivity index (χ2v) is 5.75. The van der Waals surface area contributed by atoms with Crippen molar-refractivity contribution in [2.24, 2.45) is 0 Å². The van der Waals surface area contributed by atoms with Gasteiger partial charge < -0.3 is 10.3 Å². The van der Waals surface area contributed by atoms with Gasteiger partial charge in [0, 0.05) is 5.69 Å². The summed E-state index contributed by atoms with van der Waals surface area (Å²) in [6.45, 7) is 1.74. The van der Waals surface area contributed by atoms with Crippen LogP contribution in [0.25, 0.3) is 0 Å². The van der Waals surface area contributed by atoms with Gasteiger partial charge in [-0.3, -0.25) is 9.59 Å². The average Bonchev–Trinajstić information content (AvgIpc) is 2.61. The molecule has 1 heterocycles. The van der Waals surface area contributed by atoms with Crippen LogP contribution in [0.5, 0.6) is 0 Å². The van der Waals surface area contributed by atoms with Crippen molar-refractivity contribution in [2.75, 3.05) is 0 Å². The van der Waals surface area contributed by atoms with Crippen LogP contribution in [0.4, 0.5) is 4.39 Å². The van der Waals surface area contributed by atoms with Crippen LogP contribution in [0.3, 0.4) is 0 Å². The van der Waals surface area contributed by atoms with E-state index in [-0.39, 0.29) is 11.4 Å². The first-order valence-electron chi connectivity index (χ1n) is 7.86. The fourth-order valence-corrected chi connectivity index (χ4v) is 2.62. The summed E-state index contributed by atoms with van der Waals surface area (Å²) >= 11 is 0. The topological polar surface area (TPSA) is 62.0 Å². The van der Waals surface area contributed by atoms with Gasteiger partial charge in [-0.05, 0) is 42.3 Å². The predicted molar refractivity (Wildman–Crippen MR) is 94.0 cm³/mol. The summed E-state index contributed by atoms with van der Waals surface area (Å²) in [7, 11) is 0. The molecule has 0 spiro atoms. The first-order valence-corrected chi connectivity index (χ1v) is 7.86. The van der Waals surface area contributed by atoms with E-state index >= 15 is 0 Å². The van der Waals surface area contributed by atoms with Crippen LogP contribution in [0.15, 0.2) is 71.5 Å². The minimum absolute atomic E-state index is 0.0358. The number of benzene rings is 2. The SMILES string of the molecule is Cc1ccc(C(=O)N[C@@H](c2ccccc2)c2ccc(F)cc2)c(=O)[nH]1. The maximum atomic E-state index is 13.2. The highest BCUT2D eigenvalue weighted by Crippen LogP contribution is 2.22. The van der Waals surface area contributed by atoms with Gasteiger partial charge in [0.25, 0.3) is 11.5 Å². The molecule has 126 valence electrons. The fourth-order valence-electron chi connectivity index (χ4n) is 2.62. The number of nitrogens with one attached hydrogen (secondary N) is 2. The standard InChI is InChI=1S/C20H17FN2O2/c1-13-7-12-17(19(24)22-13)20(25)23-18(14-5-3-2-4-6-14)15-8-10-16(21)11-9-15/h2-12,18H,1H3,(H,22,24)(H,23,25)/t18-/m0/s1. The van der Waals surface area contributed by atoms with Gasteiger partial charge in [-0.1, -0.05) is 42.5 Å². The molecule has 2 aromatic carbocycles. The first-order chi connectivity index (χ1) is 12.0. The summed E-state index contributed by atoms with van der Waals surface area (Å²) in [6, 6.07) is 17.9. The molecular weight excluding hydrogens is 319 g/mol. The lowest BCUT2D eigenvalue weighted by Gasteiger charge is -2.20. The molecule has 0 fully saturated rings. The maximum absolute atomic E-state index is 13.2. The van der Waals surface area contributed by atoms with Crippen LogP contribution in [-0.4, -0.2) is 10.9 Å². The van der Waals surface area contributed by atoms with E-state index in [4.69, 9.17) is 0 Å². The highest BCUT2D eigenvalue weighted by molar-refractivity contribution is 5.94. The largest absolute Gasteiger partial charge is 0.341 e. The highest BCUT2D eigenvalue weighted by atomic mass is 19.1. The molecule has 3 aromatic rings. The number of hydrogen-bond donors (Lipinski definition) is 2. The molecule has 4 nitrogen and oxygen atoms in total. The lowest BCUT2D eigenvalue weighted by atomic mass is 9.98. The second-order valence-electron chi connectivity index (χ2n) is 5.75. The number of carbonyl (C=O) groups is 1. The number of aromatic amines is 1. The van der Waals surface area contributed by atoms with E-state index in [1.54, 1.807) is 25.1 Å². The number of H-pyrrole nitrogens is 1. The van der Waals surface area contributed by atoms with E-state index in [2.05, 4.69) is 10.3 Å². The Balaban J connectivity index is 1.96. The van der Waals surface area contributed by atoms with Crippen molar-refractivity contribution in [1.82, 2.24) is 10.3 Å². The molecule has 0 aliphatic carbocycles. The van der Waals surface area contributed by atoms with E-state index in [0.717, 1.165) is 11.1 Å². The quantitative estimate of drug-likeness (QED) is 0.767. The Kier molecular flexibility index (Phi) is 4.75. The van der Waals surface area contributed by atoms with E-state index in [9.17, 15) is 14.0 Å². The molecular formula is C20H17FN2O2. The Morgan fingerprint density at radius 2 is 1.60 bits per heavy atom. The summed E-state index contributed by atoms with van der Waals surface area (Å²) < 4.78 is 13.2. The number of hydrogen-bond acceptors (Lipinski definition) is 2. The van der Waals surface area contributed by atoms with E-state index in [1.165, 1.54) is 18.2 Å². The molecule has 0 aliphatic rings. The summed E-state index contributed by atoms with van der Waals surface area (Å²) in [6.07, 6.45) is 0. The number of rotatable bonds is 4. The molecule has 1 amide bonds. The molecule has 5 heteroatoms. The number of aryl methyl sites for hydroxylation is 1. The predicted octanol–water partition coefficient (Wildman–Crippen LogP) is 3.34. The van der Waals surface area contributed by atoms with Crippen molar-refractivity contribution in [1.29, 1.82) is 0 Å². The highest BCUT2D eigenvalue weighted by Gasteiger charge is 2.19. The van der Waals surface area contributed by atoms with E-state index in [0.29, 0.717) is 5.69 Å². The number of amides is 1. The molecule has 0 bridgehead atoms. The Morgan fingerprint density at radius 3 is 2.24 bits per heavy atom. The Morgan fingerprint density at radius 1 is 0.960 bits per heavy atom. The summed E-state index contributed by atoms with van der Waals surface area (Å²) in [5, 5.41) is 2.86. The van der Waals surface area contributed by atoms with E-state index < -0.39 is 17.5 Å². The van der Waals surface area contributed by atoms with Crippen LogP contribution >= 0.6 is 0 Å². The van der Waals surface area contributed by atoms with Gasteiger partial charge in [0.15, 0.2) is 0 Å². The number of pyridine rings is 1. The van der Waals surface area contributed by atoms with Gasteiger partial charge in [0.1, 0.15) is 11.4 Å². The van der Waals surface area contributed by atoms with Gasteiger partial charge in [-0.2, -0.15) is 0 Å². The minimum atomic E-state index is -0.491. The van der Waals surface area contributed by atoms with Crippen LogP contribution in [-0.2, 0) is 0 Å². The normalized spacial score (nSPS) is 11.8. The third kappa shape index (κ3) is 3.83. The summed E-state index contributed by atoms with van der Waals surface area (Å²) in [5.41, 5.74) is 1.84. The molecule has 1 aromatic heterocycles. The second kappa shape index (κ2) is 7.13. The Labute approximate surface area is 144 Å². The van der Waals surface area contributed by atoms with Gasteiger partial charge in [-0.25, -0.2) is 4.39 Å². The van der Waals surface area contributed by atoms with Gasteiger partial charge in [0.2, 0.25) is 0 Å². The lowest BCUT2D eigenvalue weighted by molar-refractivity contribution is 0.0941. The zero-order valence-electron chi connectivity index (χ0n) is 13.6. The zero-order valence-corrected chi connectivity index (χ0v) is 13.6. The molecule has 1 atom stereocenters. The molecule has 0 unspecified atom stereocenters. The van der Waals surface area contributed by atoms with Crippen molar-refractivity contribution in [3.63, 3.8) is 0 Å². The monoisotopic (exact) mass is 336 g/mol. The molecule has 0 radical (unpaired) electrons. The number of halogens is 1. The molecule has 25 heavy (non-hydrogen) atoms. The maximum Gasteiger partial charge on any atom is 0.260 e. The van der Waals surface area contributed by atoms with Crippen molar-refractivity contribution < 1.29 is 9.18 Å². The molecule has 0 saturated heterocycles. The Bertz CT molecular complexity index is 934. The van der Waals surface area contributed by atoms with E-state index in [1.807, 2.05) is 30.3 Å². The van der Waals surface area contributed by atoms with Crippen LogP contribution in [0.2, 0.25) is 0 Å². The summed E-state index contributed by atoms with van der Waals surface area (Å²) in [4.78, 5) is 27.2. The Hall–Kier alpha value is -3.21. The van der Waals surface area contributed by atoms with Crippen LogP contribution in [0.1, 0.15) is 33.2 Å². The molecule has 2 N–H and O–H groups in total. The third-order valence-electron chi connectivity index (χ3n) is 3.91. The first kappa shape index (κ1) is 16.6. The minimum Gasteiger partial charge on any atom is -0.341 e. The van der Waals surface area contributed by atoms with Gasteiger partial charge >= 0.3 is 0 Å². The smallest absolute Gasteiger partial charge is 0.260 e. The fraction of sp³-hybridized carbons (Fsp3) is 0.100. The molecule has 3 rings (SSSR count). The van der Waals surface area contributed by atoms with Gasteiger partial charge in [-0.15, -0.1) is 0 Å². The third-order valence-corrected chi connectivity index (χ3v) is 3.91. The molecule has 0 saturated carbocycles. The summed E-state index contributed by atoms with van der Waals surface area (Å²) in [5.74, 6) is -0.837. The van der Waals surface area contributed by atoms with Gasteiger partial charge in [0.05, 0.1) is 6.04 Å². The van der Waals surface area contributed by atoms with Crippen molar-refractivity contribution in [3.05, 3.63) is 105 Å². The zero-order chi connectivity index (χ0) is 17.8. The van der Waals surface area contributed by atoms with Crippen LogP contribution < -0.4 is 10.9 Å². The molecule has 0 aliphatic heterocycles. The van der Waals surface area contributed by atoms with Crippen molar-refractivity contribution in [3.8, 4) is 0 Å². The number of aromatic nitrogens is 1. The lowest BCUT2D eigenvalue weighted by Crippen LogP contribution is -2.33. The number of carbonyl (C=O) groups excluding carboxylic acids is 1. The van der Waals surface area contributed by atoms with Crippen molar-refractivity contribution in [2.45, 2.75) is 13.0 Å². The average molecular weight is 336 g/mol.